The van der Waals surface area contributed by atoms with Crippen molar-refractivity contribution in [2.75, 3.05) is 30.8 Å². The van der Waals surface area contributed by atoms with Crippen molar-refractivity contribution < 1.29 is 27.9 Å². The number of aromatic nitrogens is 3. The van der Waals surface area contributed by atoms with Gasteiger partial charge < -0.3 is 26.3 Å². The standard InChI is InChI=1S/C19H16F3N7O4/c1-33-27-12-6-28(13(12)4-23)18-10(21)2-7-14(30)8(19(31)32)5-29(16(7)26-18)17-11(22)3-9(20)15(24)25-17/h2-3,5,13H,4,6,23H2,1H3,(H2,24,25)(H,31,32)/b27-12+/t13-/m1/s1. The molecule has 3 aromatic rings. The topological polar surface area (TPSA) is 162 Å². The highest BCUT2D eigenvalue weighted by molar-refractivity contribution is 6.03. The van der Waals surface area contributed by atoms with Crippen molar-refractivity contribution in [2.24, 2.45) is 10.9 Å². The number of hydrogen-bond acceptors (Lipinski definition) is 9. The molecule has 1 atom stereocenters. The molecule has 0 unspecified atom stereocenters. The fourth-order valence-corrected chi connectivity index (χ4v) is 3.52. The Morgan fingerprint density at radius 1 is 1.24 bits per heavy atom. The van der Waals surface area contributed by atoms with Gasteiger partial charge in [0.05, 0.1) is 18.0 Å². The van der Waals surface area contributed by atoms with E-state index < -0.39 is 57.5 Å². The molecule has 11 nitrogen and oxygen atoms in total. The van der Waals surface area contributed by atoms with Gasteiger partial charge in [-0.2, -0.15) is 0 Å². The molecule has 4 rings (SSSR count). The molecular weight excluding hydrogens is 447 g/mol. The third-order valence-electron chi connectivity index (χ3n) is 5.11. The van der Waals surface area contributed by atoms with Gasteiger partial charge in [-0.3, -0.25) is 9.36 Å². The van der Waals surface area contributed by atoms with E-state index in [-0.39, 0.29) is 24.6 Å². The highest BCUT2D eigenvalue weighted by Gasteiger charge is 2.38. The molecule has 0 aromatic carbocycles. The number of oxime groups is 1. The maximum absolute atomic E-state index is 15.0. The maximum atomic E-state index is 15.0. The first-order valence-corrected chi connectivity index (χ1v) is 9.35. The number of pyridine rings is 3. The third-order valence-corrected chi connectivity index (χ3v) is 5.11. The number of halogens is 3. The van der Waals surface area contributed by atoms with Crippen LogP contribution in [-0.2, 0) is 4.84 Å². The number of anilines is 2. The lowest BCUT2D eigenvalue weighted by Gasteiger charge is -2.41. The molecule has 1 aliphatic heterocycles. The number of carboxylic acids is 1. The van der Waals surface area contributed by atoms with Gasteiger partial charge in [0, 0.05) is 18.8 Å². The molecule has 0 bridgehead atoms. The zero-order valence-electron chi connectivity index (χ0n) is 16.9. The molecule has 0 amide bonds. The van der Waals surface area contributed by atoms with Crippen molar-refractivity contribution in [2.45, 2.75) is 6.04 Å². The van der Waals surface area contributed by atoms with E-state index in [2.05, 4.69) is 15.1 Å². The predicted octanol–water partition coefficient (Wildman–Crippen LogP) is 0.628. The molecule has 172 valence electrons. The van der Waals surface area contributed by atoms with E-state index in [1.54, 1.807) is 0 Å². The van der Waals surface area contributed by atoms with E-state index in [4.69, 9.17) is 16.3 Å². The number of hydrogen-bond donors (Lipinski definition) is 3. The minimum atomic E-state index is -1.65. The van der Waals surface area contributed by atoms with E-state index in [9.17, 15) is 27.9 Å². The Morgan fingerprint density at radius 2 is 1.94 bits per heavy atom. The van der Waals surface area contributed by atoms with Gasteiger partial charge in [-0.25, -0.2) is 27.9 Å². The normalized spacial score (nSPS) is 16.8. The summed E-state index contributed by atoms with van der Waals surface area (Å²) in [5.41, 5.74) is 9.52. The highest BCUT2D eigenvalue weighted by Crippen LogP contribution is 2.29. The zero-order chi connectivity index (χ0) is 24.0. The van der Waals surface area contributed by atoms with Crippen LogP contribution < -0.4 is 21.8 Å². The number of nitrogen functional groups attached to an aromatic ring is 1. The summed E-state index contributed by atoms with van der Waals surface area (Å²) < 4.78 is 44.0. The van der Waals surface area contributed by atoms with E-state index in [1.165, 1.54) is 12.0 Å². The van der Waals surface area contributed by atoms with Crippen LogP contribution in [0.4, 0.5) is 24.8 Å². The molecule has 1 fully saturated rings. The number of nitrogens with zero attached hydrogens (tertiary/aromatic N) is 5. The zero-order valence-corrected chi connectivity index (χ0v) is 16.9. The Labute approximate surface area is 182 Å². The first-order valence-electron chi connectivity index (χ1n) is 9.35. The van der Waals surface area contributed by atoms with Crippen LogP contribution in [0, 0.1) is 17.5 Å². The minimum absolute atomic E-state index is 0.0385. The predicted molar refractivity (Wildman–Crippen MR) is 111 cm³/mol. The molecule has 4 heterocycles. The average molecular weight is 463 g/mol. The number of fused-ring (bicyclic) bond motifs is 1. The van der Waals surface area contributed by atoms with Gasteiger partial charge in [0.15, 0.2) is 40.6 Å². The molecular formula is C19H16F3N7O4. The van der Waals surface area contributed by atoms with Gasteiger partial charge in [0.25, 0.3) is 0 Å². The van der Waals surface area contributed by atoms with Gasteiger partial charge >= 0.3 is 5.97 Å². The fourth-order valence-electron chi connectivity index (χ4n) is 3.52. The number of aromatic carboxylic acids is 1. The summed E-state index contributed by atoms with van der Waals surface area (Å²) >= 11 is 0. The molecule has 5 N–H and O–H groups in total. The number of nitrogens with two attached hydrogens (primary N) is 2. The summed E-state index contributed by atoms with van der Waals surface area (Å²) in [5, 5.41) is 12.7. The van der Waals surface area contributed by atoms with Crippen molar-refractivity contribution >= 4 is 34.4 Å². The number of carboxylic acid groups (broad SMARTS) is 1. The first-order chi connectivity index (χ1) is 15.7. The number of carbonyl (C=O) groups is 1. The largest absolute Gasteiger partial charge is 0.477 e. The second kappa shape index (κ2) is 8.05. The summed E-state index contributed by atoms with van der Waals surface area (Å²) in [6.07, 6.45) is 0.763. The lowest BCUT2D eigenvalue weighted by atomic mass is 10.0. The van der Waals surface area contributed by atoms with Crippen molar-refractivity contribution in [1.29, 1.82) is 0 Å². The van der Waals surface area contributed by atoms with E-state index in [1.807, 2.05) is 0 Å². The Balaban J connectivity index is 2.01. The van der Waals surface area contributed by atoms with E-state index in [0.29, 0.717) is 11.8 Å². The smallest absolute Gasteiger partial charge is 0.341 e. The fraction of sp³-hybridized carbons (Fsp3) is 0.211. The van der Waals surface area contributed by atoms with Gasteiger partial charge in [0.2, 0.25) is 5.43 Å². The van der Waals surface area contributed by atoms with Crippen molar-refractivity contribution in [3.8, 4) is 5.82 Å². The van der Waals surface area contributed by atoms with Crippen LogP contribution in [0.25, 0.3) is 16.9 Å². The van der Waals surface area contributed by atoms with Crippen LogP contribution in [0.1, 0.15) is 10.4 Å². The van der Waals surface area contributed by atoms with Crippen molar-refractivity contribution in [3.05, 3.63) is 51.6 Å². The van der Waals surface area contributed by atoms with Crippen LogP contribution in [0.15, 0.2) is 28.3 Å². The van der Waals surface area contributed by atoms with Crippen LogP contribution in [0.2, 0.25) is 0 Å². The molecule has 0 saturated carbocycles. The summed E-state index contributed by atoms with van der Waals surface area (Å²) in [5.74, 6) is -6.52. The molecule has 33 heavy (non-hydrogen) atoms. The number of rotatable bonds is 5. The van der Waals surface area contributed by atoms with E-state index >= 15 is 0 Å². The summed E-state index contributed by atoms with van der Waals surface area (Å²) in [6.45, 7) is 0.148. The van der Waals surface area contributed by atoms with Gasteiger partial charge in [-0.15, -0.1) is 0 Å². The van der Waals surface area contributed by atoms with Crippen LogP contribution in [0.3, 0.4) is 0 Å². The molecule has 0 radical (unpaired) electrons. The van der Waals surface area contributed by atoms with Crippen LogP contribution in [-0.4, -0.2) is 57.6 Å². The maximum Gasteiger partial charge on any atom is 0.341 e. The Kier molecular flexibility index (Phi) is 5.37. The average Bonchev–Trinajstić information content (AvgIpc) is 2.74. The molecule has 14 heteroatoms. The molecule has 0 aliphatic carbocycles. The van der Waals surface area contributed by atoms with Crippen molar-refractivity contribution in [3.63, 3.8) is 0 Å². The Hall–Kier alpha value is -4.20. The minimum Gasteiger partial charge on any atom is -0.477 e. The monoisotopic (exact) mass is 463 g/mol. The Morgan fingerprint density at radius 3 is 2.58 bits per heavy atom. The molecule has 1 aliphatic rings. The highest BCUT2D eigenvalue weighted by atomic mass is 19.1. The molecule has 0 spiro atoms. The van der Waals surface area contributed by atoms with Gasteiger partial charge in [0.1, 0.15) is 18.4 Å². The lowest BCUT2D eigenvalue weighted by molar-refractivity contribution is 0.0695. The molecule has 1 saturated heterocycles. The SMILES string of the molecule is CO/N=C1\CN(c2nc3c(cc2F)c(=O)c(C(=O)O)cn3-c2nc(N)c(F)cc2F)[C@@H]1CN. The van der Waals surface area contributed by atoms with Crippen LogP contribution in [0.5, 0.6) is 0 Å². The first kappa shape index (κ1) is 22.0. The lowest BCUT2D eigenvalue weighted by Crippen LogP contribution is -2.61. The molecule has 3 aromatic heterocycles. The summed E-state index contributed by atoms with van der Waals surface area (Å²) in [7, 11) is 1.34. The van der Waals surface area contributed by atoms with Gasteiger partial charge in [-0.1, -0.05) is 5.16 Å². The second-order valence-corrected chi connectivity index (χ2v) is 7.02. The van der Waals surface area contributed by atoms with Gasteiger partial charge in [-0.05, 0) is 6.07 Å². The quantitative estimate of drug-likeness (QED) is 0.461. The van der Waals surface area contributed by atoms with Crippen LogP contribution >= 0.6 is 0 Å². The Bertz CT molecular complexity index is 1390. The second-order valence-electron chi connectivity index (χ2n) is 7.02. The summed E-state index contributed by atoms with van der Waals surface area (Å²) in [6, 6.07) is 0.672. The summed E-state index contributed by atoms with van der Waals surface area (Å²) in [4.78, 5) is 38.2. The van der Waals surface area contributed by atoms with E-state index in [0.717, 1.165) is 16.8 Å². The van der Waals surface area contributed by atoms with Crippen molar-refractivity contribution in [1.82, 2.24) is 14.5 Å². The third kappa shape index (κ3) is 3.49.